The molecule has 2 heteroatoms. The lowest BCUT2D eigenvalue weighted by Gasteiger charge is -2.36. The third kappa shape index (κ3) is 2.60. The average Bonchev–Trinajstić information content (AvgIpc) is 2.61. The van der Waals surface area contributed by atoms with Gasteiger partial charge in [0.15, 0.2) is 0 Å². The van der Waals surface area contributed by atoms with Gasteiger partial charge in [0.2, 0.25) is 0 Å². The number of hydrogen-bond acceptors (Lipinski definition) is 2. The molecule has 0 aliphatic carbocycles. The van der Waals surface area contributed by atoms with E-state index in [4.69, 9.17) is 0 Å². The van der Waals surface area contributed by atoms with Crippen LogP contribution < -0.4 is 5.32 Å². The van der Waals surface area contributed by atoms with Gasteiger partial charge in [0.1, 0.15) is 0 Å². The van der Waals surface area contributed by atoms with E-state index in [0.29, 0.717) is 11.5 Å². The smallest absolute Gasteiger partial charge is 0.0249 e. The van der Waals surface area contributed by atoms with E-state index < -0.39 is 0 Å². The zero-order valence-electron chi connectivity index (χ0n) is 11.4. The molecular weight excluding hydrogens is 196 g/mol. The predicted octanol–water partition coefficient (Wildman–Crippen LogP) is 2.64. The molecule has 16 heavy (non-hydrogen) atoms. The quantitative estimate of drug-likeness (QED) is 0.776. The zero-order valence-corrected chi connectivity index (χ0v) is 11.4. The molecule has 2 nitrogen and oxygen atoms in total. The number of piperidine rings is 1. The molecule has 3 unspecified atom stereocenters. The minimum absolute atomic E-state index is 0.377. The summed E-state index contributed by atoms with van der Waals surface area (Å²) in [4.78, 5) is 2.70. The first-order valence-corrected chi connectivity index (χ1v) is 6.98. The molecule has 2 aliphatic rings. The molecule has 2 saturated heterocycles. The lowest BCUT2D eigenvalue weighted by Crippen LogP contribution is -2.50. The maximum atomic E-state index is 3.88. The standard InChI is InChI=1S/C14H28N2/c1-11(14(2,3)4)15-12-8-10-16-9-6-5-7-13(12)16/h11-13,15H,5-10H2,1-4H3. The third-order valence-electron chi connectivity index (χ3n) is 4.62. The molecule has 2 rings (SSSR count). The highest BCUT2D eigenvalue weighted by Crippen LogP contribution is 2.29. The lowest BCUT2D eigenvalue weighted by atomic mass is 9.86. The van der Waals surface area contributed by atoms with Crippen LogP contribution in [0.15, 0.2) is 0 Å². The summed E-state index contributed by atoms with van der Waals surface area (Å²) in [6, 6.07) is 2.19. The number of nitrogens with one attached hydrogen (secondary N) is 1. The first kappa shape index (κ1) is 12.4. The Morgan fingerprint density at radius 3 is 2.56 bits per heavy atom. The van der Waals surface area contributed by atoms with Crippen molar-refractivity contribution in [2.45, 2.75) is 71.5 Å². The Morgan fingerprint density at radius 1 is 1.12 bits per heavy atom. The Morgan fingerprint density at radius 2 is 1.88 bits per heavy atom. The van der Waals surface area contributed by atoms with Gasteiger partial charge in [-0.25, -0.2) is 0 Å². The van der Waals surface area contributed by atoms with Gasteiger partial charge in [-0.1, -0.05) is 27.2 Å². The minimum atomic E-state index is 0.377. The van der Waals surface area contributed by atoms with Crippen molar-refractivity contribution in [3.63, 3.8) is 0 Å². The topological polar surface area (TPSA) is 15.3 Å². The summed E-state index contributed by atoms with van der Waals surface area (Å²) in [7, 11) is 0. The summed E-state index contributed by atoms with van der Waals surface area (Å²) in [5.41, 5.74) is 0.377. The van der Waals surface area contributed by atoms with E-state index in [-0.39, 0.29) is 0 Å². The number of hydrogen-bond donors (Lipinski definition) is 1. The monoisotopic (exact) mass is 224 g/mol. The normalized spacial score (nSPS) is 33.8. The maximum Gasteiger partial charge on any atom is 0.0249 e. The molecule has 0 aromatic rings. The minimum Gasteiger partial charge on any atom is -0.309 e. The van der Waals surface area contributed by atoms with Crippen LogP contribution in [0.25, 0.3) is 0 Å². The molecule has 0 bridgehead atoms. The second-order valence-electron chi connectivity index (χ2n) is 6.75. The van der Waals surface area contributed by atoms with Crippen molar-refractivity contribution in [1.29, 1.82) is 0 Å². The molecule has 1 N–H and O–H groups in total. The molecule has 0 spiro atoms. The second-order valence-corrected chi connectivity index (χ2v) is 6.75. The third-order valence-corrected chi connectivity index (χ3v) is 4.62. The van der Waals surface area contributed by atoms with Crippen molar-refractivity contribution >= 4 is 0 Å². The summed E-state index contributed by atoms with van der Waals surface area (Å²) in [6.45, 7) is 12.0. The zero-order chi connectivity index (χ0) is 11.8. The van der Waals surface area contributed by atoms with Crippen LogP contribution in [0.3, 0.4) is 0 Å². The number of rotatable bonds is 2. The van der Waals surface area contributed by atoms with Gasteiger partial charge in [0.05, 0.1) is 0 Å². The largest absolute Gasteiger partial charge is 0.309 e. The molecule has 0 aromatic heterocycles. The van der Waals surface area contributed by atoms with Crippen molar-refractivity contribution in [2.75, 3.05) is 13.1 Å². The Bertz CT molecular complexity index is 231. The average molecular weight is 224 g/mol. The van der Waals surface area contributed by atoms with Gasteiger partial charge in [0.25, 0.3) is 0 Å². The number of fused-ring (bicyclic) bond motifs is 1. The van der Waals surface area contributed by atoms with Crippen LogP contribution in [0.2, 0.25) is 0 Å². The summed E-state index contributed by atoms with van der Waals surface area (Å²) in [6.07, 6.45) is 5.61. The van der Waals surface area contributed by atoms with Gasteiger partial charge < -0.3 is 5.32 Å². The van der Waals surface area contributed by atoms with E-state index in [1.54, 1.807) is 0 Å². The summed E-state index contributed by atoms with van der Waals surface area (Å²) < 4.78 is 0. The Balaban J connectivity index is 1.91. The van der Waals surface area contributed by atoms with E-state index >= 15 is 0 Å². The van der Waals surface area contributed by atoms with Crippen molar-refractivity contribution in [2.24, 2.45) is 5.41 Å². The van der Waals surface area contributed by atoms with Crippen molar-refractivity contribution in [1.82, 2.24) is 10.2 Å². The lowest BCUT2D eigenvalue weighted by molar-refractivity contribution is 0.165. The SMILES string of the molecule is CC(NC1CCN2CCCCC12)C(C)(C)C. The van der Waals surface area contributed by atoms with E-state index in [9.17, 15) is 0 Å². The fourth-order valence-electron chi connectivity index (χ4n) is 3.01. The molecule has 0 aromatic carbocycles. The molecular formula is C14H28N2. The van der Waals surface area contributed by atoms with Gasteiger partial charge in [-0.2, -0.15) is 0 Å². The van der Waals surface area contributed by atoms with Crippen LogP contribution >= 0.6 is 0 Å². The summed E-state index contributed by atoms with van der Waals surface area (Å²) in [5, 5.41) is 3.88. The van der Waals surface area contributed by atoms with E-state index in [1.807, 2.05) is 0 Å². The van der Waals surface area contributed by atoms with E-state index in [0.717, 1.165) is 12.1 Å². The predicted molar refractivity (Wildman–Crippen MR) is 69.7 cm³/mol. The Labute approximate surface area is 101 Å². The molecule has 2 fully saturated rings. The fraction of sp³-hybridized carbons (Fsp3) is 1.00. The highest BCUT2D eigenvalue weighted by atomic mass is 15.2. The van der Waals surface area contributed by atoms with Gasteiger partial charge in [0, 0.05) is 24.7 Å². The van der Waals surface area contributed by atoms with Gasteiger partial charge in [-0.05, 0) is 38.1 Å². The van der Waals surface area contributed by atoms with Crippen LogP contribution in [0.1, 0.15) is 53.4 Å². The highest BCUT2D eigenvalue weighted by Gasteiger charge is 2.37. The first-order chi connectivity index (χ1) is 7.48. The van der Waals surface area contributed by atoms with Gasteiger partial charge in [-0.3, -0.25) is 4.90 Å². The van der Waals surface area contributed by atoms with E-state index in [1.165, 1.54) is 38.8 Å². The molecule has 2 aliphatic heterocycles. The first-order valence-electron chi connectivity index (χ1n) is 6.98. The molecule has 94 valence electrons. The number of nitrogens with zero attached hydrogens (tertiary/aromatic N) is 1. The van der Waals surface area contributed by atoms with E-state index in [2.05, 4.69) is 37.9 Å². The van der Waals surface area contributed by atoms with Gasteiger partial charge >= 0.3 is 0 Å². The Kier molecular flexibility index (Phi) is 3.60. The highest BCUT2D eigenvalue weighted by molar-refractivity contribution is 4.96. The second kappa shape index (κ2) is 4.66. The maximum absolute atomic E-state index is 3.88. The molecule has 3 atom stereocenters. The summed E-state index contributed by atoms with van der Waals surface area (Å²) >= 11 is 0. The van der Waals surface area contributed by atoms with Gasteiger partial charge in [-0.15, -0.1) is 0 Å². The van der Waals surface area contributed by atoms with Crippen LogP contribution in [0, 0.1) is 5.41 Å². The van der Waals surface area contributed by atoms with Crippen molar-refractivity contribution < 1.29 is 0 Å². The van der Waals surface area contributed by atoms with Crippen LogP contribution in [-0.2, 0) is 0 Å². The van der Waals surface area contributed by atoms with Crippen LogP contribution in [0.5, 0.6) is 0 Å². The van der Waals surface area contributed by atoms with Crippen LogP contribution in [0.4, 0.5) is 0 Å². The fourth-order valence-corrected chi connectivity index (χ4v) is 3.01. The Hall–Kier alpha value is -0.0800. The molecule has 0 radical (unpaired) electrons. The molecule has 0 amide bonds. The van der Waals surface area contributed by atoms with Crippen molar-refractivity contribution in [3.8, 4) is 0 Å². The van der Waals surface area contributed by atoms with Crippen molar-refractivity contribution in [3.05, 3.63) is 0 Å². The molecule has 0 saturated carbocycles. The molecule has 2 heterocycles. The van der Waals surface area contributed by atoms with Crippen LogP contribution in [-0.4, -0.2) is 36.1 Å². The summed E-state index contributed by atoms with van der Waals surface area (Å²) in [5.74, 6) is 0.